The number of rotatable bonds is 6. The number of Topliss-reactive ketones (excluding diaryl/α,β-unsaturated/α-hetero) is 1. The summed E-state index contributed by atoms with van der Waals surface area (Å²) in [5, 5.41) is 3.05. The van der Waals surface area contributed by atoms with Crippen molar-refractivity contribution in [3.63, 3.8) is 0 Å². The number of methoxy groups -OCH3 is 2. The van der Waals surface area contributed by atoms with Crippen LogP contribution >= 0.6 is 11.6 Å². The Bertz CT molecular complexity index is 941. The molecule has 6 nitrogen and oxygen atoms in total. The Balaban J connectivity index is 1.75. The van der Waals surface area contributed by atoms with Crippen molar-refractivity contribution in [1.29, 1.82) is 0 Å². The molecular weight excluding hydrogens is 382 g/mol. The summed E-state index contributed by atoms with van der Waals surface area (Å²) in [6.07, 6.45) is 0.463. The van der Waals surface area contributed by atoms with Crippen LogP contribution in [0, 0.1) is 6.92 Å². The highest BCUT2D eigenvalue weighted by Crippen LogP contribution is 2.40. The van der Waals surface area contributed by atoms with Gasteiger partial charge in [0.05, 0.1) is 30.5 Å². The van der Waals surface area contributed by atoms with Gasteiger partial charge in [-0.3, -0.25) is 9.59 Å². The molecule has 3 rings (SSSR count). The lowest BCUT2D eigenvalue weighted by Crippen LogP contribution is -2.21. The van der Waals surface area contributed by atoms with Gasteiger partial charge in [-0.05, 0) is 36.1 Å². The third-order valence-electron chi connectivity index (χ3n) is 4.80. The quantitative estimate of drug-likeness (QED) is 0.775. The zero-order chi connectivity index (χ0) is 20.4. The van der Waals surface area contributed by atoms with Crippen LogP contribution in [-0.2, 0) is 4.79 Å². The highest BCUT2D eigenvalue weighted by Gasteiger charge is 2.31. The zero-order valence-corrected chi connectivity index (χ0v) is 17.0. The van der Waals surface area contributed by atoms with Gasteiger partial charge in [-0.1, -0.05) is 24.6 Å². The lowest BCUT2D eigenvalue weighted by atomic mass is 9.97. The van der Waals surface area contributed by atoms with Crippen molar-refractivity contribution in [3.8, 4) is 17.2 Å². The minimum absolute atomic E-state index is 0.0465. The highest BCUT2D eigenvalue weighted by atomic mass is 35.5. The maximum atomic E-state index is 12.4. The van der Waals surface area contributed by atoms with Gasteiger partial charge in [0.2, 0.25) is 0 Å². The lowest BCUT2D eigenvalue weighted by molar-refractivity contribution is -0.118. The first kappa shape index (κ1) is 20.0. The number of amides is 1. The second-order valence-electron chi connectivity index (χ2n) is 6.72. The summed E-state index contributed by atoms with van der Waals surface area (Å²) in [6.45, 7) is 3.75. The van der Waals surface area contributed by atoms with Crippen LogP contribution in [0.15, 0.2) is 24.3 Å². The Morgan fingerprint density at radius 3 is 2.57 bits per heavy atom. The third kappa shape index (κ3) is 3.78. The van der Waals surface area contributed by atoms with Crippen LogP contribution in [0.4, 0.5) is 5.69 Å². The van der Waals surface area contributed by atoms with Crippen molar-refractivity contribution in [1.82, 2.24) is 0 Å². The van der Waals surface area contributed by atoms with Crippen molar-refractivity contribution in [2.24, 2.45) is 0 Å². The average Bonchev–Trinajstić information content (AvgIpc) is 2.97. The number of hydrogen-bond acceptors (Lipinski definition) is 5. The molecule has 0 aromatic heterocycles. The van der Waals surface area contributed by atoms with Gasteiger partial charge < -0.3 is 19.5 Å². The maximum absolute atomic E-state index is 12.4. The summed E-state index contributed by atoms with van der Waals surface area (Å²) in [5.41, 5.74) is 3.06. The molecule has 1 amide bonds. The van der Waals surface area contributed by atoms with Gasteiger partial charge in [0.15, 0.2) is 12.4 Å². The first-order valence-corrected chi connectivity index (χ1v) is 9.24. The number of carbonyl (C=O) groups is 2. The van der Waals surface area contributed by atoms with Crippen molar-refractivity contribution < 1.29 is 23.8 Å². The molecule has 0 fully saturated rings. The van der Waals surface area contributed by atoms with Crippen LogP contribution in [0.25, 0.3) is 0 Å². The van der Waals surface area contributed by atoms with Gasteiger partial charge in [-0.25, -0.2) is 0 Å². The van der Waals surface area contributed by atoms with Crippen LogP contribution in [0.2, 0.25) is 5.02 Å². The Labute approximate surface area is 168 Å². The van der Waals surface area contributed by atoms with E-state index in [0.717, 1.165) is 11.1 Å². The Kier molecular flexibility index (Phi) is 5.79. The van der Waals surface area contributed by atoms with E-state index in [9.17, 15) is 9.59 Å². The molecule has 28 heavy (non-hydrogen) atoms. The van der Waals surface area contributed by atoms with Crippen LogP contribution in [-0.4, -0.2) is 32.5 Å². The normalized spacial score (nSPS) is 15.2. The van der Waals surface area contributed by atoms with E-state index in [0.29, 0.717) is 39.9 Å². The second-order valence-corrected chi connectivity index (χ2v) is 7.13. The predicted molar refractivity (Wildman–Crippen MR) is 107 cm³/mol. The van der Waals surface area contributed by atoms with Crippen molar-refractivity contribution in [2.75, 3.05) is 26.1 Å². The van der Waals surface area contributed by atoms with Crippen LogP contribution in [0.5, 0.6) is 17.2 Å². The van der Waals surface area contributed by atoms with Crippen LogP contribution < -0.4 is 19.5 Å². The number of carbonyl (C=O) groups excluding carboxylic acids is 2. The molecular formula is C21H22ClNO5. The summed E-state index contributed by atoms with van der Waals surface area (Å²) >= 11 is 6.12. The summed E-state index contributed by atoms with van der Waals surface area (Å²) in [5.74, 6) is 1.10. The summed E-state index contributed by atoms with van der Waals surface area (Å²) in [6, 6.07) is 6.79. The fourth-order valence-corrected chi connectivity index (χ4v) is 3.76. The van der Waals surface area contributed by atoms with Crippen LogP contribution in [0.1, 0.15) is 40.7 Å². The fourth-order valence-electron chi connectivity index (χ4n) is 3.52. The van der Waals surface area contributed by atoms with E-state index in [1.54, 1.807) is 18.2 Å². The average molecular weight is 404 g/mol. The van der Waals surface area contributed by atoms with E-state index in [-0.39, 0.29) is 18.3 Å². The maximum Gasteiger partial charge on any atom is 0.262 e. The second kappa shape index (κ2) is 8.10. The number of benzene rings is 2. The molecule has 1 atom stereocenters. The number of aryl methyl sites for hydroxylation is 1. The van der Waals surface area contributed by atoms with E-state index in [1.807, 2.05) is 19.9 Å². The van der Waals surface area contributed by atoms with Crippen molar-refractivity contribution >= 4 is 29.0 Å². The predicted octanol–water partition coefficient (Wildman–Crippen LogP) is 4.37. The first-order chi connectivity index (χ1) is 13.3. The standard InChI is InChI=1S/C21H22ClNO5/c1-11-5-6-16(21-15(24)7-12(2)20(11)21)28-10-19(25)23-14-8-13(22)17(26-3)9-18(14)27-4/h5-6,8-9,12H,7,10H2,1-4H3,(H,23,25). The first-order valence-electron chi connectivity index (χ1n) is 8.86. The summed E-state index contributed by atoms with van der Waals surface area (Å²) < 4.78 is 16.1. The van der Waals surface area contributed by atoms with Gasteiger partial charge in [-0.2, -0.15) is 0 Å². The summed E-state index contributed by atoms with van der Waals surface area (Å²) in [4.78, 5) is 24.7. The van der Waals surface area contributed by atoms with E-state index >= 15 is 0 Å². The number of halogens is 1. The zero-order valence-electron chi connectivity index (χ0n) is 16.2. The Hall–Kier alpha value is -2.73. The molecule has 0 heterocycles. The molecule has 0 saturated carbocycles. The van der Waals surface area contributed by atoms with E-state index in [4.69, 9.17) is 25.8 Å². The highest BCUT2D eigenvalue weighted by molar-refractivity contribution is 6.32. The molecule has 2 aromatic carbocycles. The number of anilines is 1. The molecule has 7 heteroatoms. The molecule has 0 spiro atoms. The Morgan fingerprint density at radius 1 is 1.18 bits per heavy atom. The Morgan fingerprint density at radius 2 is 1.89 bits per heavy atom. The molecule has 0 aliphatic heterocycles. The van der Waals surface area contributed by atoms with E-state index < -0.39 is 5.91 Å². The molecule has 0 radical (unpaired) electrons. The number of ether oxygens (including phenoxy) is 3. The molecule has 1 N–H and O–H groups in total. The molecule has 0 saturated heterocycles. The van der Waals surface area contributed by atoms with Gasteiger partial charge in [0.1, 0.15) is 17.2 Å². The number of fused-ring (bicyclic) bond motifs is 1. The van der Waals surface area contributed by atoms with E-state index in [1.165, 1.54) is 14.2 Å². The SMILES string of the molecule is COc1cc(OC)c(NC(=O)COc2ccc(C)c3c2C(=O)CC3C)cc1Cl. The number of hydrogen-bond donors (Lipinski definition) is 1. The van der Waals surface area contributed by atoms with Gasteiger partial charge in [-0.15, -0.1) is 0 Å². The monoisotopic (exact) mass is 403 g/mol. The van der Waals surface area contributed by atoms with Crippen LogP contribution in [0.3, 0.4) is 0 Å². The topological polar surface area (TPSA) is 73.9 Å². The fraction of sp³-hybridized carbons (Fsp3) is 0.333. The minimum atomic E-state index is -0.396. The van der Waals surface area contributed by atoms with Gasteiger partial charge >= 0.3 is 0 Å². The lowest BCUT2D eigenvalue weighted by Gasteiger charge is -2.15. The van der Waals surface area contributed by atoms with Crippen molar-refractivity contribution in [2.45, 2.75) is 26.2 Å². The minimum Gasteiger partial charge on any atom is -0.495 e. The van der Waals surface area contributed by atoms with Gasteiger partial charge in [0.25, 0.3) is 5.91 Å². The smallest absolute Gasteiger partial charge is 0.262 e. The molecule has 1 aliphatic carbocycles. The molecule has 0 bridgehead atoms. The van der Waals surface area contributed by atoms with Crippen molar-refractivity contribution in [3.05, 3.63) is 46.0 Å². The van der Waals surface area contributed by atoms with E-state index in [2.05, 4.69) is 5.32 Å². The number of ketones is 1. The number of nitrogens with one attached hydrogen (secondary N) is 1. The van der Waals surface area contributed by atoms with Gasteiger partial charge in [0, 0.05) is 12.5 Å². The third-order valence-corrected chi connectivity index (χ3v) is 5.09. The molecule has 2 aromatic rings. The molecule has 1 unspecified atom stereocenters. The largest absolute Gasteiger partial charge is 0.495 e. The molecule has 1 aliphatic rings. The molecule has 148 valence electrons. The summed E-state index contributed by atoms with van der Waals surface area (Å²) in [7, 11) is 2.98.